The number of amides is 1. The van der Waals surface area contributed by atoms with Gasteiger partial charge in [-0.05, 0) is 24.3 Å². The number of pyridine rings is 1. The van der Waals surface area contributed by atoms with Crippen LogP contribution in [0.4, 0.5) is 5.69 Å². The molecule has 0 radical (unpaired) electrons. The van der Waals surface area contributed by atoms with E-state index in [0.29, 0.717) is 0 Å². The molecule has 5 nitrogen and oxygen atoms in total. The molecule has 0 atom stereocenters. The molecule has 5 heteroatoms. The van der Waals surface area contributed by atoms with E-state index in [9.17, 15) is 9.59 Å². The average molecular weight is 297 g/mol. The second-order valence-electron chi connectivity index (χ2n) is 5.42. The third-order valence-electron chi connectivity index (χ3n) is 4.02. The van der Waals surface area contributed by atoms with Crippen LogP contribution in [0.25, 0.3) is 5.69 Å². The van der Waals surface area contributed by atoms with Crippen LogP contribution in [0, 0.1) is 0 Å². The van der Waals surface area contributed by atoms with Gasteiger partial charge in [0.05, 0.1) is 5.69 Å². The first-order chi connectivity index (χ1) is 10.6. The zero-order valence-electron chi connectivity index (χ0n) is 12.6. The van der Waals surface area contributed by atoms with Gasteiger partial charge < -0.3 is 9.80 Å². The number of piperazine rings is 1. The van der Waals surface area contributed by atoms with Crippen molar-refractivity contribution in [3.05, 3.63) is 59.0 Å². The quantitative estimate of drug-likeness (QED) is 0.844. The van der Waals surface area contributed by atoms with Gasteiger partial charge >= 0.3 is 0 Å². The van der Waals surface area contributed by atoms with E-state index in [2.05, 4.69) is 4.90 Å². The minimum absolute atomic E-state index is 0.0407. The summed E-state index contributed by atoms with van der Waals surface area (Å²) in [6.45, 7) is 4.72. The molecule has 0 unspecified atom stereocenters. The van der Waals surface area contributed by atoms with Crippen LogP contribution in [0.15, 0.2) is 53.5 Å². The summed E-state index contributed by atoms with van der Waals surface area (Å²) in [5.41, 5.74) is 1.90. The highest BCUT2D eigenvalue weighted by molar-refractivity contribution is 5.73. The molecule has 0 saturated carbocycles. The number of hydrogen-bond acceptors (Lipinski definition) is 3. The summed E-state index contributed by atoms with van der Waals surface area (Å²) in [5, 5.41) is 0. The average Bonchev–Trinajstić information content (AvgIpc) is 2.55. The Balaban J connectivity index is 1.82. The van der Waals surface area contributed by atoms with Crippen LogP contribution in [-0.4, -0.2) is 41.6 Å². The molecular weight excluding hydrogens is 278 g/mol. The Hall–Kier alpha value is -2.56. The molecule has 2 aromatic rings. The Bertz CT molecular complexity index is 730. The second kappa shape index (κ2) is 6.05. The molecule has 3 rings (SSSR count). The van der Waals surface area contributed by atoms with E-state index in [1.165, 1.54) is 0 Å². The first kappa shape index (κ1) is 14.4. The number of carbonyl (C=O) groups is 1. The Morgan fingerprint density at radius 2 is 1.68 bits per heavy atom. The third-order valence-corrected chi connectivity index (χ3v) is 4.02. The van der Waals surface area contributed by atoms with E-state index < -0.39 is 0 Å². The Morgan fingerprint density at radius 1 is 0.955 bits per heavy atom. The Morgan fingerprint density at radius 3 is 2.36 bits per heavy atom. The summed E-state index contributed by atoms with van der Waals surface area (Å²) in [5.74, 6) is 0.129. The first-order valence-corrected chi connectivity index (χ1v) is 7.44. The number of carbonyl (C=O) groups excluding carboxylic acids is 1. The van der Waals surface area contributed by atoms with Crippen LogP contribution < -0.4 is 10.5 Å². The highest BCUT2D eigenvalue weighted by atomic mass is 16.2. The predicted molar refractivity (Wildman–Crippen MR) is 86.5 cm³/mol. The molecule has 2 heterocycles. The van der Waals surface area contributed by atoms with Gasteiger partial charge in [-0.15, -0.1) is 0 Å². The van der Waals surface area contributed by atoms with Crippen LogP contribution >= 0.6 is 0 Å². The number of aromatic nitrogens is 1. The van der Waals surface area contributed by atoms with Gasteiger partial charge in [0, 0.05) is 51.1 Å². The molecule has 0 spiro atoms. The van der Waals surface area contributed by atoms with Gasteiger partial charge in [-0.25, -0.2) is 0 Å². The van der Waals surface area contributed by atoms with E-state index >= 15 is 0 Å². The molecule has 1 amide bonds. The number of anilines is 1. The highest BCUT2D eigenvalue weighted by Gasteiger charge is 2.18. The summed E-state index contributed by atoms with van der Waals surface area (Å²) < 4.78 is 1.63. The van der Waals surface area contributed by atoms with Crippen LogP contribution in [0.1, 0.15) is 6.92 Å². The largest absolute Gasteiger partial charge is 0.368 e. The second-order valence-corrected chi connectivity index (χ2v) is 5.42. The third kappa shape index (κ3) is 2.88. The molecule has 1 aliphatic heterocycles. The lowest BCUT2D eigenvalue weighted by Crippen LogP contribution is -2.48. The van der Waals surface area contributed by atoms with Crippen molar-refractivity contribution in [2.45, 2.75) is 6.92 Å². The van der Waals surface area contributed by atoms with Gasteiger partial charge in [0.25, 0.3) is 5.56 Å². The van der Waals surface area contributed by atoms with Crippen LogP contribution in [-0.2, 0) is 4.79 Å². The standard InChI is InChI=1S/C17H19N3O2/c1-14(21)18-9-11-19(12-10-18)15-5-4-6-16(13-15)20-8-3-2-7-17(20)22/h2-8,13H,9-12H2,1H3. The number of benzene rings is 1. The summed E-state index contributed by atoms with van der Waals surface area (Å²) in [6.07, 6.45) is 1.77. The topological polar surface area (TPSA) is 45.6 Å². The molecule has 0 aliphatic carbocycles. The molecule has 22 heavy (non-hydrogen) atoms. The molecule has 114 valence electrons. The van der Waals surface area contributed by atoms with Crippen molar-refractivity contribution in [2.24, 2.45) is 0 Å². The maximum absolute atomic E-state index is 11.9. The molecule has 1 aliphatic rings. The van der Waals surface area contributed by atoms with Crippen LogP contribution in [0.2, 0.25) is 0 Å². The maximum atomic E-state index is 11.9. The molecule has 1 fully saturated rings. The summed E-state index contributed by atoms with van der Waals surface area (Å²) in [4.78, 5) is 27.4. The predicted octanol–water partition coefficient (Wildman–Crippen LogP) is 1.51. The SMILES string of the molecule is CC(=O)N1CCN(c2cccc(-n3ccccc3=O)c2)CC1. The molecule has 1 aromatic heterocycles. The fourth-order valence-corrected chi connectivity index (χ4v) is 2.76. The summed E-state index contributed by atoms with van der Waals surface area (Å²) in [7, 11) is 0. The van der Waals surface area contributed by atoms with Gasteiger partial charge in [-0.2, -0.15) is 0 Å². The van der Waals surface area contributed by atoms with Crippen molar-refractivity contribution in [1.82, 2.24) is 9.47 Å². The van der Waals surface area contributed by atoms with Gasteiger partial charge in [0.1, 0.15) is 0 Å². The van der Waals surface area contributed by atoms with Gasteiger partial charge in [-0.3, -0.25) is 14.2 Å². The van der Waals surface area contributed by atoms with Gasteiger partial charge in [-0.1, -0.05) is 12.1 Å². The molecule has 0 bridgehead atoms. The minimum atomic E-state index is -0.0407. The number of nitrogens with zero attached hydrogens (tertiary/aromatic N) is 3. The maximum Gasteiger partial charge on any atom is 0.255 e. The van der Waals surface area contributed by atoms with Crippen molar-refractivity contribution in [2.75, 3.05) is 31.1 Å². The monoisotopic (exact) mass is 297 g/mol. The first-order valence-electron chi connectivity index (χ1n) is 7.44. The van der Waals surface area contributed by atoms with E-state index in [4.69, 9.17) is 0 Å². The smallest absolute Gasteiger partial charge is 0.255 e. The zero-order chi connectivity index (χ0) is 15.5. The molecule has 1 saturated heterocycles. The van der Waals surface area contributed by atoms with Crippen molar-refractivity contribution in [3.8, 4) is 5.69 Å². The van der Waals surface area contributed by atoms with Crippen molar-refractivity contribution in [1.29, 1.82) is 0 Å². The fourth-order valence-electron chi connectivity index (χ4n) is 2.76. The van der Waals surface area contributed by atoms with Crippen molar-refractivity contribution >= 4 is 11.6 Å². The highest BCUT2D eigenvalue weighted by Crippen LogP contribution is 2.19. The van der Waals surface area contributed by atoms with Gasteiger partial charge in [0.2, 0.25) is 5.91 Å². The Labute approximate surface area is 129 Å². The minimum Gasteiger partial charge on any atom is -0.368 e. The van der Waals surface area contributed by atoms with Crippen molar-refractivity contribution < 1.29 is 4.79 Å². The lowest BCUT2D eigenvalue weighted by molar-refractivity contribution is -0.129. The zero-order valence-corrected chi connectivity index (χ0v) is 12.6. The Kier molecular flexibility index (Phi) is 3.96. The molecule has 0 N–H and O–H groups in total. The molecular formula is C17H19N3O2. The normalized spacial score (nSPS) is 15.0. The van der Waals surface area contributed by atoms with Crippen LogP contribution in [0.5, 0.6) is 0 Å². The van der Waals surface area contributed by atoms with Crippen molar-refractivity contribution in [3.63, 3.8) is 0 Å². The van der Waals surface area contributed by atoms with E-state index in [1.807, 2.05) is 35.2 Å². The van der Waals surface area contributed by atoms with E-state index in [1.54, 1.807) is 29.8 Å². The number of hydrogen-bond donors (Lipinski definition) is 0. The summed E-state index contributed by atoms with van der Waals surface area (Å²) >= 11 is 0. The van der Waals surface area contributed by atoms with Gasteiger partial charge in [0.15, 0.2) is 0 Å². The van der Waals surface area contributed by atoms with Crippen LogP contribution in [0.3, 0.4) is 0 Å². The van der Waals surface area contributed by atoms with E-state index in [0.717, 1.165) is 37.6 Å². The lowest BCUT2D eigenvalue weighted by Gasteiger charge is -2.35. The van der Waals surface area contributed by atoms with E-state index in [-0.39, 0.29) is 11.5 Å². The number of rotatable bonds is 2. The summed E-state index contributed by atoms with van der Waals surface area (Å²) in [6, 6.07) is 13.1. The molecule has 1 aromatic carbocycles. The fraction of sp³-hybridized carbons (Fsp3) is 0.294. The lowest BCUT2D eigenvalue weighted by atomic mass is 10.2.